The van der Waals surface area contributed by atoms with Gasteiger partial charge < -0.3 is 20.9 Å². The van der Waals surface area contributed by atoms with Gasteiger partial charge in [-0.1, -0.05) is 11.6 Å². The van der Waals surface area contributed by atoms with E-state index in [1.54, 1.807) is 0 Å². The maximum absolute atomic E-state index is 13.6. The van der Waals surface area contributed by atoms with Crippen molar-refractivity contribution >= 4 is 23.0 Å². The molecule has 6 heteroatoms. The summed E-state index contributed by atoms with van der Waals surface area (Å²) >= 11 is 5.63. The van der Waals surface area contributed by atoms with E-state index in [1.165, 1.54) is 6.07 Å². The summed E-state index contributed by atoms with van der Waals surface area (Å²) < 4.78 is 23.8. The van der Waals surface area contributed by atoms with E-state index in [0.29, 0.717) is 13.2 Å². The summed E-state index contributed by atoms with van der Waals surface area (Å²) in [6.45, 7) is 0.863. The van der Waals surface area contributed by atoms with Crippen LogP contribution in [0.4, 0.5) is 15.8 Å². The van der Waals surface area contributed by atoms with E-state index in [0.717, 1.165) is 0 Å². The minimum atomic E-state index is -0.721. The standard InChI is InChI=1S/C9H10ClFN2O2/c10-7-5(12)1-6(13)9(8(7)11)15-4-2-14-3-4/h1,4H,2-3,12-13H2. The Labute approximate surface area is 90.9 Å². The van der Waals surface area contributed by atoms with Crippen LogP contribution < -0.4 is 16.2 Å². The fourth-order valence-electron chi connectivity index (χ4n) is 1.22. The number of nitrogens with two attached hydrogens (primary N) is 2. The van der Waals surface area contributed by atoms with E-state index < -0.39 is 5.82 Å². The first-order valence-electron chi connectivity index (χ1n) is 4.37. The Bertz CT molecular complexity index is 396. The van der Waals surface area contributed by atoms with Gasteiger partial charge in [0.1, 0.15) is 11.1 Å². The van der Waals surface area contributed by atoms with E-state index in [4.69, 9.17) is 32.5 Å². The Balaban J connectivity index is 2.32. The normalized spacial score (nSPS) is 16.1. The third kappa shape index (κ3) is 1.80. The highest BCUT2D eigenvalue weighted by Gasteiger charge is 2.24. The first kappa shape index (κ1) is 10.3. The summed E-state index contributed by atoms with van der Waals surface area (Å²) in [4.78, 5) is 0. The summed E-state index contributed by atoms with van der Waals surface area (Å²) in [5, 5.41) is -0.167. The second-order valence-corrected chi connectivity index (χ2v) is 3.67. The molecule has 2 rings (SSSR count). The van der Waals surface area contributed by atoms with Crippen LogP contribution in [-0.2, 0) is 4.74 Å². The quantitative estimate of drug-likeness (QED) is 0.757. The van der Waals surface area contributed by atoms with Crippen LogP contribution in [-0.4, -0.2) is 19.3 Å². The number of benzene rings is 1. The molecule has 1 saturated heterocycles. The second-order valence-electron chi connectivity index (χ2n) is 3.29. The van der Waals surface area contributed by atoms with Crippen molar-refractivity contribution in [2.75, 3.05) is 24.7 Å². The number of hydrogen-bond donors (Lipinski definition) is 2. The minimum Gasteiger partial charge on any atom is -0.480 e. The Kier molecular flexibility index (Phi) is 2.58. The largest absolute Gasteiger partial charge is 0.480 e. The van der Waals surface area contributed by atoms with E-state index in [2.05, 4.69) is 0 Å². The van der Waals surface area contributed by atoms with Crippen LogP contribution in [0.5, 0.6) is 5.75 Å². The van der Waals surface area contributed by atoms with Crippen molar-refractivity contribution in [2.24, 2.45) is 0 Å². The lowest BCUT2D eigenvalue weighted by Crippen LogP contribution is -2.39. The molecule has 0 amide bonds. The fraction of sp³-hybridized carbons (Fsp3) is 0.333. The van der Waals surface area contributed by atoms with Gasteiger partial charge in [0, 0.05) is 0 Å². The zero-order valence-electron chi connectivity index (χ0n) is 7.80. The third-order valence-electron chi connectivity index (χ3n) is 2.11. The number of hydrogen-bond acceptors (Lipinski definition) is 4. The van der Waals surface area contributed by atoms with Gasteiger partial charge in [-0.2, -0.15) is 0 Å². The maximum atomic E-state index is 13.6. The Morgan fingerprint density at radius 1 is 1.40 bits per heavy atom. The molecule has 82 valence electrons. The summed E-state index contributed by atoms with van der Waals surface area (Å²) in [5.41, 5.74) is 11.3. The van der Waals surface area contributed by atoms with E-state index in [1.807, 2.05) is 0 Å². The highest BCUT2D eigenvalue weighted by Crippen LogP contribution is 2.36. The number of anilines is 2. The molecule has 4 nitrogen and oxygen atoms in total. The maximum Gasteiger partial charge on any atom is 0.187 e. The van der Waals surface area contributed by atoms with Crippen molar-refractivity contribution in [3.8, 4) is 5.75 Å². The van der Waals surface area contributed by atoms with Gasteiger partial charge in [0.2, 0.25) is 0 Å². The molecule has 0 spiro atoms. The van der Waals surface area contributed by atoms with E-state index in [-0.39, 0.29) is 28.3 Å². The van der Waals surface area contributed by atoms with Crippen LogP contribution in [0.15, 0.2) is 6.07 Å². The number of rotatable bonds is 2. The topological polar surface area (TPSA) is 70.5 Å². The third-order valence-corrected chi connectivity index (χ3v) is 2.49. The van der Waals surface area contributed by atoms with E-state index >= 15 is 0 Å². The van der Waals surface area contributed by atoms with Crippen LogP contribution >= 0.6 is 11.6 Å². The number of halogens is 2. The minimum absolute atomic E-state index is 0.0532. The molecular formula is C9H10ClFN2O2. The molecule has 0 aliphatic carbocycles. The lowest BCUT2D eigenvalue weighted by atomic mass is 10.2. The second kappa shape index (κ2) is 3.75. The fourth-order valence-corrected chi connectivity index (χ4v) is 1.36. The molecule has 1 heterocycles. The highest BCUT2D eigenvalue weighted by atomic mass is 35.5. The van der Waals surface area contributed by atoms with Gasteiger partial charge in [0.25, 0.3) is 0 Å². The van der Waals surface area contributed by atoms with Gasteiger partial charge in [-0.15, -0.1) is 0 Å². The van der Waals surface area contributed by atoms with Crippen molar-refractivity contribution in [3.63, 3.8) is 0 Å². The van der Waals surface area contributed by atoms with E-state index in [9.17, 15) is 4.39 Å². The average molecular weight is 233 g/mol. The first-order valence-corrected chi connectivity index (χ1v) is 4.74. The SMILES string of the molecule is Nc1cc(N)c(OC2COC2)c(F)c1Cl. The monoisotopic (exact) mass is 232 g/mol. The molecule has 1 aliphatic rings. The van der Waals surface area contributed by atoms with Crippen molar-refractivity contribution < 1.29 is 13.9 Å². The zero-order valence-corrected chi connectivity index (χ0v) is 8.55. The van der Waals surface area contributed by atoms with Gasteiger partial charge in [0.05, 0.1) is 24.6 Å². The summed E-state index contributed by atoms with van der Waals surface area (Å²) in [6.07, 6.45) is -0.165. The number of ether oxygens (including phenoxy) is 2. The van der Waals surface area contributed by atoms with Crippen LogP contribution in [0.3, 0.4) is 0 Å². The molecule has 0 unspecified atom stereocenters. The molecule has 1 aromatic carbocycles. The average Bonchev–Trinajstić information content (AvgIpc) is 2.11. The van der Waals surface area contributed by atoms with Crippen molar-refractivity contribution in [3.05, 3.63) is 16.9 Å². The van der Waals surface area contributed by atoms with Gasteiger partial charge in [-0.25, -0.2) is 4.39 Å². The molecule has 1 fully saturated rings. The van der Waals surface area contributed by atoms with Gasteiger partial charge in [-0.05, 0) is 6.07 Å². The lowest BCUT2D eigenvalue weighted by Gasteiger charge is -2.27. The molecular weight excluding hydrogens is 223 g/mol. The molecule has 4 N–H and O–H groups in total. The first-order chi connectivity index (χ1) is 7.09. The Morgan fingerprint density at radius 2 is 2.07 bits per heavy atom. The van der Waals surface area contributed by atoms with Crippen molar-refractivity contribution in [2.45, 2.75) is 6.10 Å². The summed E-state index contributed by atoms with van der Waals surface area (Å²) in [6, 6.07) is 1.38. The molecule has 0 bridgehead atoms. The van der Waals surface area contributed by atoms with Gasteiger partial charge in [-0.3, -0.25) is 0 Å². The van der Waals surface area contributed by atoms with Gasteiger partial charge in [0.15, 0.2) is 11.6 Å². The lowest BCUT2D eigenvalue weighted by molar-refractivity contribution is -0.0805. The molecule has 0 saturated carbocycles. The predicted molar refractivity (Wildman–Crippen MR) is 55.5 cm³/mol. The molecule has 1 aromatic rings. The van der Waals surface area contributed by atoms with Crippen molar-refractivity contribution in [1.29, 1.82) is 0 Å². The van der Waals surface area contributed by atoms with Crippen LogP contribution in [0.1, 0.15) is 0 Å². The Morgan fingerprint density at radius 3 is 2.60 bits per heavy atom. The molecule has 0 aromatic heterocycles. The Hall–Kier alpha value is -1.20. The molecule has 0 atom stereocenters. The molecule has 0 radical (unpaired) electrons. The highest BCUT2D eigenvalue weighted by molar-refractivity contribution is 6.33. The van der Waals surface area contributed by atoms with Crippen LogP contribution in [0.25, 0.3) is 0 Å². The zero-order chi connectivity index (χ0) is 11.0. The molecule has 1 aliphatic heterocycles. The summed E-state index contributed by atoms with van der Waals surface area (Å²) in [5.74, 6) is -0.774. The summed E-state index contributed by atoms with van der Waals surface area (Å²) in [7, 11) is 0. The van der Waals surface area contributed by atoms with Gasteiger partial charge >= 0.3 is 0 Å². The smallest absolute Gasteiger partial charge is 0.187 e. The molecule has 15 heavy (non-hydrogen) atoms. The number of nitrogen functional groups attached to an aromatic ring is 2. The van der Waals surface area contributed by atoms with Crippen LogP contribution in [0.2, 0.25) is 5.02 Å². The van der Waals surface area contributed by atoms with Crippen LogP contribution in [0, 0.1) is 5.82 Å². The predicted octanol–water partition coefficient (Wildman–Crippen LogP) is 1.42. The van der Waals surface area contributed by atoms with Crippen molar-refractivity contribution in [1.82, 2.24) is 0 Å².